The normalized spacial score (nSPS) is 29.5. The van der Waals surface area contributed by atoms with Crippen LogP contribution in [0.1, 0.15) is 27.2 Å². The molecule has 1 aliphatic rings. The average molecular weight is 182 g/mol. The van der Waals surface area contributed by atoms with E-state index in [2.05, 4.69) is 0 Å². The molecule has 0 saturated heterocycles. The predicted molar refractivity (Wildman–Crippen MR) is 48.1 cm³/mol. The Hall–Kier alpha value is -1.12. The monoisotopic (exact) mass is 182 g/mol. The molecule has 0 aromatic carbocycles. The first kappa shape index (κ1) is 9.96. The smallest absolute Gasteiger partial charge is 0.334 e. The van der Waals surface area contributed by atoms with Crippen molar-refractivity contribution >= 4 is 12.3 Å². The van der Waals surface area contributed by atoms with Gasteiger partial charge in [-0.1, -0.05) is 6.92 Å². The van der Waals surface area contributed by atoms with E-state index in [1.807, 2.05) is 13.8 Å². The Kier molecular flexibility index (Phi) is 2.55. The third-order valence-corrected chi connectivity index (χ3v) is 2.57. The van der Waals surface area contributed by atoms with E-state index in [-0.39, 0.29) is 11.9 Å². The Morgan fingerprint density at radius 3 is 2.69 bits per heavy atom. The maximum Gasteiger partial charge on any atom is 0.334 e. The molecule has 0 aromatic rings. The van der Waals surface area contributed by atoms with Gasteiger partial charge in [0, 0.05) is 17.9 Å². The second kappa shape index (κ2) is 3.32. The molecule has 1 heterocycles. The van der Waals surface area contributed by atoms with Crippen molar-refractivity contribution in [1.82, 2.24) is 0 Å². The molecule has 0 spiro atoms. The topological polar surface area (TPSA) is 43.4 Å². The first-order valence-corrected chi connectivity index (χ1v) is 4.36. The fraction of sp³-hybridized carbons (Fsp3) is 0.600. The molecule has 0 unspecified atom stereocenters. The summed E-state index contributed by atoms with van der Waals surface area (Å²) in [7, 11) is 0. The van der Waals surface area contributed by atoms with Crippen LogP contribution in [0.3, 0.4) is 0 Å². The molecular formula is C10H14O3. The molecule has 0 aliphatic carbocycles. The SMILES string of the molecule is CC1=C[C@](C)([C@H](C)CC=O)OC1=O. The molecule has 3 heteroatoms. The van der Waals surface area contributed by atoms with E-state index in [9.17, 15) is 9.59 Å². The Bertz CT molecular complexity index is 267. The molecule has 3 nitrogen and oxygen atoms in total. The van der Waals surface area contributed by atoms with Crippen molar-refractivity contribution in [2.24, 2.45) is 5.92 Å². The summed E-state index contributed by atoms with van der Waals surface area (Å²) in [6.45, 7) is 5.45. The number of hydrogen-bond acceptors (Lipinski definition) is 3. The molecule has 72 valence electrons. The van der Waals surface area contributed by atoms with Crippen molar-refractivity contribution < 1.29 is 14.3 Å². The molecule has 0 aromatic heterocycles. The third-order valence-electron chi connectivity index (χ3n) is 2.57. The van der Waals surface area contributed by atoms with Gasteiger partial charge in [0.2, 0.25) is 0 Å². The molecule has 0 saturated carbocycles. The maximum absolute atomic E-state index is 11.1. The van der Waals surface area contributed by atoms with Gasteiger partial charge in [0.25, 0.3) is 0 Å². The number of ether oxygens (including phenoxy) is 1. The van der Waals surface area contributed by atoms with Crippen LogP contribution in [0.15, 0.2) is 11.6 Å². The maximum atomic E-state index is 11.1. The minimum atomic E-state index is -0.595. The minimum Gasteiger partial charge on any atom is -0.451 e. The molecule has 0 radical (unpaired) electrons. The van der Waals surface area contributed by atoms with Crippen LogP contribution in [-0.2, 0) is 14.3 Å². The first-order valence-electron chi connectivity index (χ1n) is 4.36. The number of aldehydes is 1. The van der Waals surface area contributed by atoms with Crippen LogP contribution in [-0.4, -0.2) is 17.9 Å². The van der Waals surface area contributed by atoms with Crippen LogP contribution in [0.5, 0.6) is 0 Å². The molecular weight excluding hydrogens is 168 g/mol. The van der Waals surface area contributed by atoms with Crippen molar-refractivity contribution in [1.29, 1.82) is 0 Å². The number of carbonyl (C=O) groups excluding carboxylic acids is 2. The van der Waals surface area contributed by atoms with Crippen LogP contribution < -0.4 is 0 Å². The van der Waals surface area contributed by atoms with Gasteiger partial charge in [-0.05, 0) is 19.9 Å². The van der Waals surface area contributed by atoms with Crippen LogP contribution in [0.4, 0.5) is 0 Å². The molecule has 0 N–H and O–H groups in total. The summed E-state index contributed by atoms with van der Waals surface area (Å²) in [5.74, 6) is -0.244. The zero-order valence-corrected chi connectivity index (χ0v) is 8.16. The number of rotatable bonds is 3. The lowest BCUT2D eigenvalue weighted by Gasteiger charge is -2.27. The molecule has 1 rings (SSSR count). The van der Waals surface area contributed by atoms with Crippen molar-refractivity contribution in [3.63, 3.8) is 0 Å². The fourth-order valence-electron chi connectivity index (χ4n) is 1.42. The summed E-state index contributed by atoms with van der Waals surface area (Å²) in [6, 6.07) is 0. The van der Waals surface area contributed by atoms with E-state index in [4.69, 9.17) is 4.74 Å². The van der Waals surface area contributed by atoms with Gasteiger partial charge >= 0.3 is 5.97 Å². The number of cyclic esters (lactones) is 1. The number of carbonyl (C=O) groups is 2. The largest absolute Gasteiger partial charge is 0.451 e. The summed E-state index contributed by atoms with van der Waals surface area (Å²) in [6.07, 6.45) is 3.06. The molecule has 13 heavy (non-hydrogen) atoms. The number of esters is 1. The van der Waals surface area contributed by atoms with Gasteiger partial charge < -0.3 is 9.53 Å². The van der Waals surface area contributed by atoms with Crippen molar-refractivity contribution in [3.05, 3.63) is 11.6 Å². The van der Waals surface area contributed by atoms with Gasteiger partial charge in [0.05, 0.1) is 0 Å². The van der Waals surface area contributed by atoms with Crippen molar-refractivity contribution in [3.8, 4) is 0 Å². The lowest BCUT2D eigenvalue weighted by Crippen LogP contribution is -2.32. The van der Waals surface area contributed by atoms with E-state index in [1.165, 1.54) is 0 Å². The lowest BCUT2D eigenvalue weighted by molar-refractivity contribution is -0.149. The highest BCUT2D eigenvalue weighted by Crippen LogP contribution is 2.32. The Balaban J connectivity index is 2.79. The summed E-state index contributed by atoms with van der Waals surface area (Å²) >= 11 is 0. The van der Waals surface area contributed by atoms with Crippen LogP contribution in [0.2, 0.25) is 0 Å². The highest BCUT2D eigenvalue weighted by atomic mass is 16.6. The summed E-state index contributed by atoms with van der Waals surface area (Å²) < 4.78 is 5.18. The van der Waals surface area contributed by atoms with E-state index in [1.54, 1.807) is 13.0 Å². The Morgan fingerprint density at radius 2 is 2.31 bits per heavy atom. The van der Waals surface area contributed by atoms with Crippen LogP contribution in [0.25, 0.3) is 0 Å². The van der Waals surface area contributed by atoms with Crippen LogP contribution >= 0.6 is 0 Å². The fourth-order valence-corrected chi connectivity index (χ4v) is 1.42. The van der Waals surface area contributed by atoms with Gasteiger partial charge in [-0.25, -0.2) is 4.79 Å². The third kappa shape index (κ3) is 1.79. The van der Waals surface area contributed by atoms with E-state index < -0.39 is 5.60 Å². The Morgan fingerprint density at radius 1 is 1.69 bits per heavy atom. The second-order valence-corrected chi connectivity index (χ2v) is 3.70. The highest BCUT2D eigenvalue weighted by Gasteiger charge is 2.38. The molecule has 0 fully saturated rings. The lowest BCUT2D eigenvalue weighted by atomic mass is 9.88. The van der Waals surface area contributed by atoms with Crippen LogP contribution in [0, 0.1) is 5.92 Å². The zero-order valence-electron chi connectivity index (χ0n) is 8.16. The van der Waals surface area contributed by atoms with Crippen molar-refractivity contribution in [2.75, 3.05) is 0 Å². The average Bonchev–Trinajstić information content (AvgIpc) is 2.28. The van der Waals surface area contributed by atoms with Crippen molar-refractivity contribution in [2.45, 2.75) is 32.8 Å². The van der Waals surface area contributed by atoms with E-state index in [0.717, 1.165) is 6.29 Å². The standard InChI is InChI=1S/C10H14O3/c1-7-6-10(3,13-9(7)12)8(2)4-5-11/h5-6,8H,4H2,1-3H3/t8-,10-/m1/s1. The molecule has 1 aliphatic heterocycles. The molecule has 2 atom stereocenters. The van der Waals surface area contributed by atoms with Gasteiger partial charge in [0.1, 0.15) is 11.9 Å². The predicted octanol–water partition coefficient (Wildman–Crippen LogP) is 1.47. The zero-order chi connectivity index (χ0) is 10.1. The van der Waals surface area contributed by atoms with E-state index in [0.29, 0.717) is 12.0 Å². The molecule has 0 bridgehead atoms. The Labute approximate surface area is 77.8 Å². The summed E-state index contributed by atoms with van der Waals surface area (Å²) in [4.78, 5) is 21.4. The highest BCUT2D eigenvalue weighted by molar-refractivity contribution is 5.90. The van der Waals surface area contributed by atoms with Gasteiger partial charge in [-0.15, -0.1) is 0 Å². The first-order chi connectivity index (χ1) is 5.99. The quantitative estimate of drug-likeness (QED) is 0.490. The number of hydrogen-bond donors (Lipinski definition) is 0. The molecule has 0 amide bonds. The van der Waals surface area contributed by atoms with Gasteiger partial charge in [-0.3, -0.25) is 0 Å². The summed E-state index contributed by atoms with van der Waals surface area (Å²) in [5, 5.41) is 0. The van der Waals surface area contributed by atoms with E-state index >= 15 is 0 Å². The minimum absolute atomic E-state index is 0.0337. The second-order valence-electron chi connectivity index (χ2n) is 3.70. The van der Waals surface area contributed by atoms with Gasteiger partial charge in [0.15, 0.2) is 0 Å². The van der Waals surface area contributed by atoms with Gasteiger partial charge in [-0.2, -0.15) is 0 Å². The summed E-state index contributed by atoms with van der Waals surface area (Å²) in [5.41, 5.74) is 0.0301.